The third-order valence-electron chi connectivity index (χ3n) is 2.59. The highest BCUT2D eigenvalue weighted by molar-refractivity contribution is 5.70. The van der Waals surface area contributed by atoms with Gasteiger partial charge in [-0.25, -0.2) is 0 Å². The lowest BCUT2D eigenvalue weighted by molar-refractivity contribution is -0.142. The highest BCUT2D eigenvalue weighted by Crippen LogP contribution is 2.22. The molecule has 3 heteroatoms. The van der Waals surface area contributed by atoms with Crippen LogP contribution in [0.4, 0.5) is 0 Å². The van der Waals surface area contributed by atoms with E-state index in [1.165, 1.54) is 7.11 Å². The largest absolute Gasteiger partial charge is 0.469 e. The highest BCUT2D eigenvalue weighted by Gasteiger charge is 2.15. The van der Waals surface area contributed by atoms with Crippen LogP contribution in [0, 0.1) is 13.8 Å². The number of aliphatic hydroxyl groups excluding tert-OH is 1. The number of esters is 1. The number of ether oxygens (including phenoxy) is 1. The van der Waals surface area contributed by atoms with Crippen LogP contribution in [0.5, 0.6) is 0 Å². The number of hydrogen-bond donors (Lipinski definition) is 1. The maximum absolute atomic E-state index is 11.0. The molecule has 1 atom stereocenters. The summed E-state index contributed by atoms with van der Waals surface area (Å²) in [7, 11) is 1.32. The summed E-state index contributed by atoms with van der Waals surface area (Å²) >= 11 is 0. The molecule has 1 N–H and O–H groups in total. The van der Waals surface area contributed by atoms with Gasteiger partial charge in [-0.2, -0.15) is 0 Å². The summed E-state index contributed by atoms with van der Waals surface area (Å²) in [4.78, 5) is 11.0. The molecule has 1 aromatic rings. The van der Waals surface area contributed by atoms with Crippen LogP contribution in [0.1, 0.15) is 29.2 Å². The summed E-state index contributed by atoms with van der Waals surface area (Å²) < 4.78 is 4.51. The van der Waals surface area contributed by atoms with E-state index in [0.717, 1.165) is 16.7 Å². The van der Waals surface area contributed by atoms with Crippen LogP contribution in [0.25, 0.3) is 0 Å². The summed E-state index contributed by atoms with van der Waals surface area (Å²) in [6, 6.07) is 5.68. The van der Waals surface area contributed by atoms with Crippen molar-refractivity contribution in [3.05, 3.63) is 34.9 Å². The second-order valence-electron chi connectivity index (χ2n) is 3.59. The molecule has 15 heavy (non-hydrogen) atoms. The molecule has 0 aromatic heterocycles. The van der Waals surface area contributed by atoms with E-state index >= 15 is 0 Å². The van der Waals surface area contributed by atoms with Gasteiger partial charge in [-0.15, -0.1) is 0 Å². The zero-order valence-corrected chi connectivity index (χ0v) is 9.28. The first kappa shape index (κ1) is 11.7. The lowest BCUT2D eigenvalue weighted by Gasteiger charge is -2.13. The van der Waals surface area contributed by atoms with E-state index in [0.29, 0.717) is 0 Å². The molecule has 0 aliphatic rings. The molecule has 0 radical (unpaired) electrons. The Morgan fingerprint density at radius 2 is 2.13 bits per heavy atom. The quantitative estimate of drug-likeness (QED) is 0.772. The summed E-state index contributed by atoms with van der Waals surface area (Å²) in [6.45, 7) is 3.91. The van der Waals surface area contributed by atoms with Crippen molar-refractivity contribution in [3.8, 4) is 0 Å². The Kier molecular flexibility index (Phi) is 3.86. The van der Waals surface area contributed by atoms with Crippen LogP contribution in [0.3, 0.4) is 0 Å². The van der Waals surface area contributed by atoms with Gasteiger partial charge in [0.25, 0.3) is 0 Å². The van der Waals surface area contributed by atoms with E-state index < -0.39 is 12.1 Å². The molecule has 0 aliphatic carbocycles. The van der Waals surface area contributed by atoms with E-state index in [2.05, 4.69) is 4.74 Å². The Morgan fingerprint density at radius 1 is 1.47 bits per heavy atom. The summed E-state index contributed by atoms with van der Waals surface area (Å²) in [6.07, 6.45) is -0.779. The molecule has 1 rings (SSSR count). The fraction of sp³-hybridized carbons (Fsp3) is 0.417. The lowest BCUT2D eigenvalue weighted by Crippen LogP contribution is -2.09. The van der Waals surface area contributed by atoms with Gasteiger partial charge >= 0.3 is 5.97 Å². The van der Waals surface area contributed by atoms with Gasteiger partial charge in [-0.3, -0.25) is 4.79 Å². The maximum Gasteiger partial charge on any atom is 0.308 e. The van der Waals surface area contributed by atoms with Crippen LogP contribution >= 0.6 is 0 Å². The molecule has 0 fully saturated rings. The first-order valence-corrected chi connectivity index (χ1v) is 4.87. The molecule has 0 aliphatic heterocycles. The molecular formula is C12H16O3. The number of carbonyl (C=O) groups is 1. The minimum Gasteiger partial charge on any atom is -0.469 e. The minimum atomic E-state index is -0.780. The SMILES string of the molecule is COC(=O)C[C@@H](O)c1cccc(C)c1C. The number of rotatable bonds is 3. The van der Waals surface area contributed by atoms with Gasteiger partial charge in [0, 0.05) is 0 Å². The Balaban J connectivity index is 2.86. The number of benzene rings is 1. The van der Waals surface area contributed by atoms with Crippen molar-refractivity contribution in [2.75, 3.05) is 7.11 Å². The summed E-state index contributed by atoms with van der Waals surface area (Å²) in [5.74, 6) is -0.400. The molecule has 0 heterocycles. The van der Waals surface area contributed by atoms with Crippen molar-refractivity contribution in [3.63, 3.8) is 0 Å². The van der Waals surface area contributed by atoms with E-state index in [4.69, 9.17) is 0 Å². The van der Waals surface area contributed by atoms with Crippen LogP contribution in [-0.2, 0) is 9.53 Å². The Labute approximate surface area is 89.7 Å². The number of hydrogen-bond acceptors (Lipinski definition) is 3. The van der Waals surface area contributed by atoms with Crippen LogP contribution in [0.2, 0.25) is 0 Å². The zero-order chi connectivity index (χ0) is 11.4. The second kappa shape index (κ2) is 4.94. The van der Waals surface area contributed by atoms with Crippen LogP contribution in [0.15, 0.2) is 18.2 Å². The third kappa shape index (κ3) is 2.80. The van der Waals surface area contributed by atoms with E-state index in [1.807, 2.05) is 32.0 Å². The topological polar surface area (TPSA) is 46.5 Å². The van der Waals surface area contributed by atoms with Gasteiger partial charge in [-0.1, -0.05) is 18.2 Å². The molecular weight excluding hydrogens is 192 g/mol. The number of carbonyl (C=O) groups excluding carboxylic acids is 1. The Hall–Kier alpha value is -1.35. The van der Waals surface area contributed by atoms with Gasteiger partial charge in [0.05, 0.1) is 19.6 Å². The molecule has 3 nitrogen and oxygen atoms in total. The summed E-state index contributed by atoms with van der Waals surface area (Å²) in [5.41, 5.74) is 2.92. The number of aliphatic hydroxyl groups is 1. The van der Waals surface area contributed by atoms with Crippen molar-refractivity contribution in [2.45, 2.75) is 26.4 Å². The average molecular weight is 208 g/mol. The third-order valence-corrected chi connectivity index (χ3v) is 2.59. The lowest BCUT2D eigenvalue weighted by atomic mass is 9.97. The smallest absolute Gasteiger partial charge is 0.308 e. The van der Waals surface area contributed by atoms with Crippen molar-refractivity contribution >= 4 is 5.97 Å². The average Bonchev–Trinajstić information content (AvgIpc) is 2.21. The molecule has 82 valence electrons. The second-order valence-corrected chi connectivity index (χ2v) is 3.59. The highest BCUT2D eigenvalue weighted by atomic mass is 16.5. The fourth-order valence-corrected chi connectivity index (χ4v) is 1.49. The molecule has 0 spiro atoms. The molecule has 0 saturated carbocycles. The fourth-order valence-electron chi connectivity index (χ4n) is 1.49. The van der Waals surface area contributed by atoms with E-state index in [-0.39, 0.29) is 6.42 Å². The number of aryl methyl sites for hydroxylation is 1. The predicted octanol–water partition coefficient (Wildman–Crippen LogP) is 1.90. The van der Waals surface area contributed by atoms with Gasteiger partial charge in [0.2, 0.25) is 0 Å². The molecule has 0 saturated heterocycles. The predicted molar refractivity (Wildman–Crippen MR) is 57.5 cm³/mol. The first-order chi connectivity index (χ1) is 7.06. The molecule has 0 bridgehead atoms. The van der Waals surface area contributed by atoms with Crippen molar-refractivity contribution in [2.24, 2.45) is 0 Å². The van der Waals surface area contributed by atoms with Gasteiger partial charge in [0.1, 0.15) is 0 Å². The van der Waals surface area contributed by atoms with Gasteiger partial charge in [0.15, 0.2) is 0 Å². The monoisotopic (exact) mass is 208 g/mol. The first-order valence-electron chi connectivity index (χ1n) is 4.87. The molecule has 0 amide bonds. The normalized spacial score (nSPS) is 12.3. The van der Waals surface area contributed by atoms with Gasteiger partial charge in [-0.05, 0) is 30.5 Å². The zero-order valence-electron chi connectivity index (χ0n) is 9.28. The maximum atomic E-state index is 11.0. The van der Waals surface area contributed by atoms with Gasteiger partial charge < -0.3 is 9.84 Å². The van der Waals surface area contributed by atoms with Crippen molar-refractivity contribution in [1.82, 2.24) is 0 Å². The molecule has 0 unspecified atom stereocenters. The van der Waals surface area contributed by atoms with E-state index in [1.54, 1.807) is 0 Å². The summed E-state index contributed by atoms with van der Waals surface area (Å²) in [5, 5.41) is 9.83. The standard InChI is InChI=1S/C12H16O3/c1-8-5-4-6-10(9(8)2)11(13)7-12(14)15-3/h4-6,11,13H,7H2,1-3H3/t11-/m1/s1. The Morgan fingerprint density at radius 3 is 2.73 bits per heavy atom. The van der Waals surface area contributed by atoms with Crippen LogP contribution in [-0.4, -0.2) is 18.2 Å². The van der Waals surface area contributed by atoms with Crippen LogP contribution < -0.4 is 0 Å². The van der Waals surface area contributed by atoms with Crippen molar-refractivity contribution in [1.29, 1.82) is 0 Å². The van der Waals surface area contributed by atoms with E-state index in [9.17, 15) is 9.90 Å². The number of methoxy groups -OCH3 is 1. The molecule has 1 aromatic carbocycles. The minimum absolute atomic E-state index is 0.000787. The Bertz CT molecular complexity index is 358. The van der Waals surface area contributed by atoms with Crippen molar-refractivity contribution < 1.29 is 14.6 Å².